The second kappa shape index (κ2) is 4.22. The molecular weight excluding hydrogens is 271 g/mol. The number of hydrogen-bond acceptors (Lipinski definition) is 2. The lowest BCUT2D eigenvalue weighted by molar-refractivity contribution is -0.137. The predicted octanol–water partition coefficient (Wildman–Crippen LogP) is 2.71. The van der Waals surface area contributed by atoms with Gasteiger partial charge in [0.2, 0.25) is 0 Å². The van der Waals surface area contributed by atoms with Gasteiger partial charge in [0.15, 0.2) is 5.65 Å². The molecule has 3 aromatic rings. The van der Waals surface area contributed by atoms with Crippen molar-refractivity contribution in [2.75, 3.05) is 0 Å². The highest BCUT2D eigenvalue weighted by Gasteiger charge is 2.33. The van der Waals surface area contributed by atoms with Gasteiger partial charge in [-0.3, -0.25) is 9.89 Å². The van der Waals surface area contributed by atoms with Gasteiger partial charge >= 0.3 is 6.18 Å². The van der Waals surface area contributed by atoms with E-state index in [0.717, 1.165) is 16.6 Å². The summed E-state index contributed by atoms with van der Waals surface area (Å²) in [5.74, 6) is 0. The Morgan fingerprint density at radius 2 is 1.90 bits per heavy atom. The van der Waals surface area contributed by atoms with Crippen LogP contribution < -0.4 is 5.56 Å². The fourth-order valence-corrected chi connectivity index (χ4v) is 2.02. The summed E-state index contributed by atoms with van der Waals surface area (Å²) in [5.41, 5.74) is -1.12. The van der Waals surface area contributed by atoms with Gasteiger partial charge in [-0.15, -0.1) is 0 Å². The number of benzene rings is 1. The first kappa shape index (κ1) is 12.5. The van der Waals surface area contributed by atoms with Crippen molar-refractivity contribution in [1.82, 2.24) is 14.6 Å². The molecule has 0 aliphatic rings. The highest BCUT2D eigenvalue weighted by molar-refractivity contribution is 5.66. The fraction of sp³-hybridized carbons (Fsp3) is 0.0769. The lowest BCUT2D eigenvalue weighted by atomic mass is 10.0. The van der Waals surface area contributed by atoms with Crippen molar-refractivity contribution in [2.24, 2.45) is 0 Å². The molecule has 2 aromatic heterocycles. The highest BCUT2D eigenvalue weighted by Crippen LogP contribution is 2.35. The minimum absolute atomic E-state index is 0.00234. The number of H-pyrrole nitrogens is 1. The number of nitrogens with one attached hydrogen (secondary N) is 1. The van der Waals surface area contributed by atoms with Crippen LogP contribution in [0.3, 0.4) is 0 Å². The quantitative estimate of drug-likeness (QED) is 0.744. The third kappa shape index (κ3) is 1.97. The summed E-state index contributed by atoms with van der Waals surface area (Å²) in [6.45, 7) is 0. The van der Waals surface area contributed by atoms with Gasteiger partial charge in [-0.2, -0.15) is 13.2 Å². The van der Waals surface area contributed by atoms with Crippen LogP contribution in [0.4, 0.5) is 13.2 Å². The molecule has 0 spiro atoms. The Hall–Kier alpha value is -2.57. The van der Waals surface area contributed by atoms with Crippen LogP contribution in [0.5, 0.6) is 0 Å². The van der Waals surface area contributed by atoms with Crippen LogP contribution in [0.2, 0.25) is 0 Å². The van der Waals surface area contributed by atoms with Crippen molar-refractivity contribution >= 4 is 5.65 Å². The second-order valence-corrected chi connectivity index (χ2v) is 4.18. The molecule has 0 saturated carbocycles. The van der Waals surface area contributed by atoms with E-state index in [1.165, 1.54) is 30.5 Å². The summed E-state index contributed by atoms with van der Waals surface area (Å²) in [5, 5.41) is 2.63. The molecule has 3 rings (SSSR count). The Balaban J connectivity index is 2.29. The second-order valence-electron chi connectivity index (χ2n) is 4.18. The lowest BCUT2D eigenvalue weighted by Gasteiger charge is -2.11. The molecule has 1 N–H and O–H groups in total. The normalized spacial score (nSPS) is 11.9. The molecule has 0 bridgehead atoms. The number of hydrogen-bond donors (Lipinski definition) is 1. The zero-order valence-corrected chi connectivity index (χ0v) is 9.98. The standard InChI is InChI=1S/C13H8F3N3O/c14-13(15,16)9-4-2-1-3-8(9)10-7-12(20)19-11(18-10)5-6-17-19/h1-7,17H. The van der Waals surface area contributed by atoms with Crippen molar-refractivity contribution in [3.8, 4) is 11.3 Å². The van der Waals surface area contributed by atoms with E-state index in [9.17, 15) is 18.0 Å². The molecule has 0 fully saturated rings. The maximum absolute atomic E-state index is 13.0. The molecule has 1 aromatic carbocycles. The number of nitrogens with zero attached hydrogens (tertiary/aromatic N) is 2. The summed E-state index contributed by atoms with van der Waals surface area (Å²) in [7, 11) is 0. The maximum atomic E-state index is 13.0. The van der Waals surface area contributed by atoms with Crippen molar-refractivity contribution in [3.05, 3.63) is 58.5 Å². The molecule has 2 heterocycles. The zero-order chi connectivity index (χ0) is 14.3. The summed E-state index contributed by atoms with van der Waals surface area (Å²) in [6, 6.07) is 7.64. The van der Waals surface area contributed by atoms with E-state index >= 15 is 0 Å². The molecule has 4 nitrogen and oxygen atoms in total. The van der Waals surface area contributed by atoms with E-state index in [2.05, 4.69) is 10.1 Å². The monoisotopic (exact) mass is 279 g/mol. The topological polar surface area (TPSA) is 50.2 Å². The van der Waals surface area contributed by atoms with Crippen molar-refractivity contribution in [1.29, 1.82) is 0 Å². The number of alkyl halides is 3. The molecule has 7 heteroatoms. The van der Waals surface area contributed by atoms with Crippen LogP contribution >= 0.6 is 0 Å². The van der Waals surface area contributed by atoms with E-state index in [0.29, 0.717) is 0 Å². The van der Waals surface area contributed by atoms with Crippen LogP contribution in [0.15, 0.2) is 47.4 Å². The van der Waals surface area contributed by atoms with E-state index in [1.54, 1.807) is 0 Å². The van der Waals surface area contributed by atoms with Gasteiger partial charge in [0.1, 0.15) is 0 Å². The largest absolute Gasteiger partial charge is 0.417 e. The number of fused-ring (bicyclic) bond motifs is 1. The summed E-state index contributed by atoms with van der Waals surface area (Å²) >= 11 is 0. The molecule has 102 valence electrons. The lowest BCUT2D eigenvalue weighted by Crippen LogP contribution is -2.15. The van der Waals surface area contributed by atoms with E-state index in [1.807, 2.05) is 0 Å². The van der Waals surface area contributed by atoms with Gasteiger partial charge in [-0.25, -0.2) is 9.50 Å². The summed E-state index contributed by atoms with van der Waals surface area (Å²) < 4.78 is 40.1. The van der Waals surface area contributed by atoms with Gasteiger partial charge in [0, 0.05) is 23.9 Å². The smallest absolute Gasteiger partial charge is 0.297 e. The van der Waals surface area contributed by atoms with Crippen LogP contribution in [0.1, 0.15) is 5.56 Å². The number of rotatable bonds is 1. The first-order chi connectivity index (χ1) is 9.47. The Morgan fingerprint density at radius 1 is 1.15 bits per heavy atom. The molecule has 0 unspecified atom stereocenters. The Kier molecular flexibility index (Phi) is 2.63. The van der Waals surface area contributed by atoms with Crippen molar-refractivity contribution < 1.29 is 13.2 Å². The molecule has 0 aliphatic carbocycles. The Bertz CT molecular complexity index is 832. The van der Waals surface area contributed by atoms with Crippen LogP contribution in [0.25, 0.3) is 16.9 Å². The van der Waals surface area contributed by atoms with Gasteiger partial charge < -0.3 is 0 Å². The average molecular weight is 279 g/mol. The number of aromatic nitrogens is 3. The van der Waals surface area contributed by atoms with Crippen molar-refractivity contribution in [3.63, 3.8) is 0 Å². The van der Waals surface area contributed by atoms with E-state index < -0.39 is 17.3 Å². The Morgan fingerprint density at radius 3 is 2.65 bits per heavy atom. The molecule has 20 heavy (non-hydrogen) atoms. The molecule has 0 amide bonds. The van der Waals surface area contributed by atoms with E-state index in [-0.39, 0.29) is 16.9 Å². The third-order valence-electron chi connectivity index (χ3n) is 2.89. The minimum atomic E-state index is -4.50. The Labute approximate surface area is 110 Å². The molecule has 0 saturated heterocycles. The number of halogens is 3. The zero-order valence-electron chi connectivity index (χ0n) is 9.98. The summed E-state index contributed by atoms with van der Waals surface area (Å²) in [4.78, 5) is 15.9. The third-order valence-corrected chi connectivity index (χ3v) is 2.89. The molecular formula is C13H8F3N3O. The number of aromatic amines is 1. The van der Waals surface area contributed by atoms with Gasteiger partial charge in [0.25, 0.3) is 5.56 Å². The van der Waals surface area contributed by atoms with Crippen LogP contribution in [0, 0.1) is 0 Å². The molecule has 0 radical (unpaired) electrons. The maximum Gasteiger partial charge on any atom is 0.417 e. The summed E-state index contributed by atoms with van der Waals surface area (Å²) in [6.07, 6.45) is -3.01. The molecule has 0 atom stereocenters. The van der Waals surface area contributed by atoms with Crippen molar-refractivity contribution in [2.45, 2.75) is 6.18 Å². The highest BCUT2D eigenvalue weighted by atomic mass is 19.4. The first-order valence-corrected chi connectivity index (χ1v) is 5.70. The fourth-order valence-electron chi connectivity index (χ4n) is 2.02. The average Bonchev–Trinajstić information content (AvgIpc) is 2.86. The van der Waals surface area contributed by atoms with Crippen LogP contribution in [-0.4, -0.2) is 14.6 Å². The SMILES string of the molecule is O=c1cc(-c2ccccc2C(F)(F)F)nc2cc[nH]n12. The van der Waals surface area contributed by atoms with Gasteiger partial charge in [-0.05, 0) is 6.07 Å². The molecule has 0 aliphatic heterocycles. The van der Waals surface area contributed by atoms with Crippen LogP contribution in [-0.2, 0) is 6.18 Å². The van der Waals surface area contributed by atoms with Gasteiger partial charge in [-0.1, -0.05) is 18.2 Å². The first-order valence-electron chi connectivity index (χ1n) is 5.70. The predicted molar refractivity (Wildman–Crippen MR) is 66.3 cm³/mol. The van der Waals surface area contributed by atoms with E-state index in [4.69, 9.17) is 0 Å². The minimum Gasteiger partial charge on any atom is -0.297 e. The van der Waals surface area contributed by atoms with Gasteiger partial charge in [0.05, 0.1) is 11.3 Å².